The van der Waals surface area contributed by atoms with Gasteiger partial charge in [-0.25, -0.2) is 4.21 Å². The number of aliphatic hydroxyl groups excluding tert-OH is 1. The molecule has 4 heteroatoms. The molecule has 1 fully saturated rings. The van der Waals surface area contributed by atoms with Crippen LogP contribution in [-0.2, 0) is 14.0 Å². The molecule has 1 saturated heterocycles. The summed E-state index contributed by atoms with van der Waals surface area (Å²) in [6, 6.07) is 0. The minimum Gasteiger partial charge on any atom is -0.358 e. The van der Waals surface area contributed by atoms with Gasteiger partial charge in [-0.2, -0.15) is 0 Å². The second-order valence-electron chi connectivity index (χ2n) is 2.00. The first-order chi connectivity index (χ1) is 4.27. The first kappa shape index (κ1) is 7.05. The molecule has 1 aliphatic rings. The van der Waals surface area contributed by atoms with Crippen LogP contribution >= 0.6 is 0 Å². The standard InChI is InChI=1S/C5H10O3S/c6-5-9(7)4-2-1-3-8-9/h5-6H,1-4H2. The van der Waals surface area contributed by atoms with Crippen LogP contribution in [0, 0.1) is 0 Å². The molecule has 0 amide bonds. The average Bonchev–Trinajstić information content (AvgIpc) is 1.90. The smallest absolute Gasteiger partial charge is 0.112 e. The fourth-order valence-electron chi connectivity index (χ4n) is 0.747. The third kappa shape index (κ3) is 1.67. The van der Waals surface area contributed by atoms with E-state index >= 15 is 0 Å². The van der Waals surface area contributed by atoms with Crippen LogP contribution in [-0.4, -0.2) is 27.2 Å². The van der Waals surface area contributed by atoms with Crippen LogP contribution in [0.4, 0.5) is 0 Å². The van der Waals surface area contributed by atoms with Crippen molar-refractivity contribution in [2.45, 2.75) is 12.8 Å². The van der Waals surface area contributed by atoms with E-state index in [1.807, 2.05) is 0 Å². The van der Waals surface area contributed by atoms with E-state index in [9.17, 15) is 4.21 Å². The van der Waals surface area contributed by atoms with Crippen molar-refractivity contribution in [3.63, 3.8) is 0 Å². The molecule has 0 bridgehead atoms. The molecule has 3 nitrogen and oxygen atoms in total. The zero-order valence-corrected chi connectivity index (χ0v) is 5.89. The third-order valence-corrected chi connectivity index (χ3v) is 3.01. The fourth-order valence-corrected chi connectivity index (χ4v) is 2.04. The highest BCUT2D eigenvalue weighted by Crippen LogP contribution is 2.07. The van der Waals surface area contributed by atoms with E-state index in [4.69, 9.17) is 9.29 Å². The zero-order valence-electron chi connectivity index (χ0n) is 5.08. The van der Waals surface area contributed by atoms with Crippen molar-refractivity contribution in [3.05, 3.63) is 0 Å². The summed E-state index contributed by atoms with van der Waals surface area (Å²) >= 11 is 0. The van der Waals surface area contributed by atoms with Crippen molar-refractivity contribution in [2.75, 3.05) is 12.4 Å². The number of hydrogen-bond acceptors (Lipinski definition) is 2. The van der Waals surface area contributed by atoms with Gasteiger partial charge in [-0.3, -0.25) is 4.18 Å². The predicted molar refractivity (Wildman–Crippen MR) is 36.9 cm³/mol. The van der Waals surface area contributed by atoms with E-state index < -0.39 is 9.80 Å². The van der Waals surface area contributed by atoms with Crippen LogP contribution in [0.2, 0.25) is 0 Å². The molecule has 0 aliphatic carbocycles. The lowest BCUT2D eigenvalue weighted by Crippen LogP contribution is -2.19. The Morgan fingerprint density at radius 3 is 2.67 bits per heavy atom. The molecular weight excluding hydrogens is 140 g/mol. The molecule has 0 spiro atoms. The molecule has 1 atom stereocenters. The molecule has 1 aliphatic heterocycles. The molecule has 1 N–H and O–H groups in total. The van der Waals surface area contributed by atoms with Gasteiger partial charge < -0.3 is 5.11 Å². The van der Waals surface area contributed by atoms with Gasteiger partial charge >= 0.3 is 0 Å². The quantitative estimate of drug-likeness (QED) is 0.506. The van der Waals surface area contributed by atoms with Gasteiger partial charge in [0.15, 0.2) is 0 Å². The van der Waals surface area contributed by atoms with E-state index in [2.05, 4.69) is 0 Å². The minimum atomic E-state index is -2.40. The summed E-state index contributed by atoms with van der Waals surface area (Å²) in [5, 5.41) is 8.42. The summed E-state index contributed by atoms with van der Waals surface area (Å²) in [4.78, 5) is 0. The van der Waals surface area contributed by atoms with E-state index in [-0.39, 0.29) is 0 Å². The normalized spacial score (nSPS) is 36.1. The maximum atomic E-state index is 11.0. The van der Waals surface area contributed by atoms with Crippen molar-refractivity contribution >= 4 is 15.4 Å². The van der Waals surface area contributed by atoms with Gasteiger partial charge in [-0.1, -0.05) is 0 Å². The Hall–Kier alpha value is -0.0600. The van der Waals surface area contributed by atoms with Crippen molar-refractivity contribution in [3.8, 4) is 0 Å². The molecule has 0 saturated carbocycles. The van der Waals surface area contributed by atoms with E-state index in [1.165, 1.54) is 0 Å². The number of hydrogen-bond donors (Lipinski definition) is 1. The Balaban J connectivity index is 2.70. The Labute approximate surface area is 54.9 Å². The minimum absolute atomic E-state index is 0.476. The highest BCUT2D eigenvalue weighted by Gasteiger charge is 2.11. The van der Waals surface area contributed by atoms with Gasteiger partial charge in [0.2, 0.25) is 0 Å². The molecule has 0 aromatic heterocycles. The van der Waals surface area contributed by atoms with Crippen molar-refractivity contribution in [2.24, 2.45) is 0 Å². The predicted octanol–water partition coefficient (Wildman–Crippen LogP) is 0.314. The van der Waals surface area contributed by atoms with Crippen molar-refractivity contribution in [1.29, 1.82) is 0 Å². The monoisotopic (exact) mass is 150 g/mol. The fraction of sp³-hybridized carbons (Fsp3) is 0.800. The summed E-state index contributed by atoms with van der Waals surface area (Å²) in [5.41, 5.74) is 0.687. The van der Waals surface area contributed by atoms with E-state index in [1.54, 1.807) is 0 Å². The van der Waals surface area contributed by atoms with Crippen LogP contribution in [0.1, 0.15) is 12.8 Å². The maximum absolute atomic E-state index is 11.0. The van der Waals surface area contributed by atoms with Gasteiger partial charge in [0.05, 0.1) is 6.61 Å². The van der Waals surface area contributed by atoms with Gasteiger partial charge in [0.1, 0.15) is 15.4 Å². The van der Waals surface area contributed by atoms with Gasteiger partial charge in [-0.15, -0.1) is 0 Å². The summed E-state index contributed by atoms with van der Waals surface area (Å²) < 4.78 is 15.9. The third-order valence-electron chi connectivity index (χ3n) is 1.27. The molecule has 54 valence electrons. The molecular formula is C5H10O3S. The molecule has 9 heavy (non-hydrogen) atoms. The van der Waals surface area contributed by atoms with E-state index in [0.717, 1.165) is 12.8 Å². The molecule has 1 rings (SSSR count). The highest BCUT2D eigenvalue weighted by molar-refractivity contribution is 7.96. The summed E-state index contributed by atoms with van der Waals surface area (Å²) in [6.45, 7) is 0.510. The van der Waals surface area contributed by atoms with Gasteiger partial charge in [0.25, 0.3) is 0 Å². The Bertz CT molecular complexity index is 178. The molecule has 1 heterocycles. The molecule has 0 aromatic rings. The molecule has 1 unspecified atom stereocenters. The second kappa shape index (κ2) is 2.68. The Morgan fingerprint density at radius 2 is 2.33 bits per heavy atom. The zero-order chi connectivity index (χ0) is 6.74. The molecule has 0 aromatic carbocycles. The topological polar surface area (TPSA) is 46.5 Å². The highest BCUT2D eigenvalue weighted by atomic mass is 32.2. The van der Waals surface area contributed by atoms with Crippen molar-refractivity contribution < 1.29 is 13.5 Å². The SMILES string of the molecule is O=S1(=CO)CCCCO1. The van der Waals surface area contributed by atoms with Crippen LogP contribution in [0.3, 0.4) is 0 Å². The molecule has 0 radical (unpaired) electrons. The lowest BCUT2D eigenvalue weighted by atomic mass is 10.4. The van der Waals surface area contributed by atoms with Crippen LogP contribution in [0.15, 0.2) is 0 Å². The van der Waals surface area contributed by atoms with Crippen molar-refractivity contribution in [1.82, 2.24) is 0 Å². The first-order valence-electron chi connectivity index (χ1n) is 2.90. The first-order valence-corrected chi connectivity index (χ1v) is 4.62. The van der Waals surface area contributed by atoms with Crippen LogP contribution in [0.5, 0.6) is 0 Å². The maximum Gasteiger partial charge on any atom is 0.112 e. The largest absolute Gasteiger partial charge is 0.358 e. The second-order valence-corrected chi connectivity index (χ2v) is 4.18. The van der Waals surface area contributed by atoms with Crippen LogP contribution < -0.4 is 0 Å². The van der Waals surface area contributed by atoms with Gasteiger partial charge in [-0.05, 0) is 12.8 Å². The Morgan fingerprint density at radius 1 is 1.56 bits per heavy atom. The summed E-state index contributed by atoms with van der Waals surface area (Å²) in [6.07, 6.45) is 1.83. The summed E-state index contributed by atoms with van der Waals surface area (Å²) in [5.74, 6) is 0.476. The number of aliphatic hydroxyl groups is 1. The summed E-state index contributed by atoms with van der Waals surface area (Å²) in [7, 11) is -2.40. The average molecular weight is 150 g/mol. The van der Waals surface area contributed by atoms with Gasteiger partial charge in [0, 0.05) is 5.75 Å². The Kier molecular flexibility index (Phi) is 2.10. The lowest BCUT2D eigenvalue weighted by Gasteiger charge is -2.14. The number of rotatable bonds is 0. The van der Waals surface area contributed by atoms with Crippen LogP contribution in [0.25, 0.3) is 0 Å². The van der Waals surface area contributed by atoms with E-state index in [0.29, 0.717) is 17.9 Å². The lowest BCUT2D eigenvalue weighted by molar-refractivity contribution is 0.316.